The van der Waals surface area contributed by atoms with Gasteiger partial charge in [0.1, 0.15) is 0 Å². The fourth-order valence-electron chi connectivity index (χ4n) is 5.10. The highest BCUT2D eigenvalue weighted by molar-refractivity contribution is 5.92. The van der Waals surface area contributed by atoms with Crippen LogP contribution in [0.1, 0.15) is 53.7 Å². The molecule has 1 amide bonds. The zero-order valence-electron chi connectivity index (χ0n) is 21.0. The third kappa shape index (κ3) is 6.03. The number of fused-ring (bicyclic) bond motifs is 1. The Bertz CT molecular complexity index is 1130. The smallest absolute Gasteiger partial charge is 0.278 e. The van der Waals surface area contributed by atoms with Crippen LogP contribution in [0, 0.1) is 12.8 Å². The number of carbonyl (C=O) groups is 1. The van der Waals surface area contributed by atoms with Gasteiger partial charge in [0, 0.05) is 55.1 Å². The van der Waals surface area contributed by atoms with E-state index in [-0.39, 0.29) is 12.2 Å². The average Bonchev–Trinajstić information content (AvgIpc) is 3.25. The number of aryl methyl sites for hydroxylation is 1. The average molecular weight is 493 g/mol. The lowest BCUT2D eigenvalue weighted by Gasteiger charge is -2.32. The number of nitrogens with one attached hydrogen (secondary N) is 3. The van der Waals surface area contributed by atoms with Crippen LogP contribution in [0.4, 0.5) is 5.95 Å². The number of para-hydroxylation sites is 1. The van der Waals surface area contributed by atoms with E-state index in [1.165, 1.54) is 22.2 Å². The van der Waals surface area contributed by atoms with Gasteiger partial charge in [0.25, 0.3) is 5.91 Å². The van der Waals surface area contributed by atoms with Crippen molar-refractivity contribution in [1.82, 2.24) is 25.7 Å². The molecule has 1 atom stereocenters. The summed E-state index contributed by atoms with van der Waals surface area (Å²) in [6.45, 7) is 6.66. The monoisotopic (exact) mass is 492 g/mol. The Labute approximate surface area is 211 Å². The predicted molar refractivity (Wildman–Crippen MR) is 139 cm³/mol. The normalized spacial score (nSPS) is 19.0. The molecule has 0 aliphatic carbocycles. The summed E-state index contributed by atoms with van der Waals surface area (Å²) in [6, 6.07) is 8.52. The minimum atomic E-state index is -0.378. The quantitative estimate of drug-likeness (QED) is 0.310. The van der Waals surface area contributed by atoms with Crippen LogP contribution < -0.4 is 15.7 Å². The first-order valence-corrected chi connectivity index (χ1v) is 13.1. The van der Waals surface area contributed by atoms with Crippen LogP contribution in [0.25, 0.3) is 10.9 Å². The van der Waals surface area contributed by atoms with Gasteiger partial charge in [0.15, 0.2) is 6.29 Å². The molecular weight excluding hydrogens is 456 g/mol. The van der Waals surface area contributed by atoms with Gasteiger partial charge in [-0.05, 0) is 69.7 Å². The number of aromatic amines is 1. The maximum Gasteiger partial charge on any atom is 0.278 e. The molecule has 2 aliphatic rings. The second-order valence-electron chi connectivity index (χ2n) is 9.78. The van der Waals surface area contributed by atoms with Gasteiger partial charge >= 0.3 is 0 Å². The fraction of sp³-hybridized carbons (Fsp3) is 0.519. The molecule has 192 valence electrons. The zero-order valence-corrected chi connectivity index (χ0v) is 21.0. The number of ether oxygens (including phenoxy) is 1. The summed E-state index contributed by atoms with van der Waals surface area (Å²) in [5.74, 6) is 0.960. The molecule has 3 N–H and O–H groups in total. The number of rotatable bonds is 9. The van der Waals surface area contributed by atoms with Crippen LogP contribution in [0.3, 0.4) is 0 Å². The summed E-state index contributed by atoms with van der Waals surface area (Å²) < 4.78 is 5.46. The second kappa shape index (κ2) is 11.8. The van der Waals surface area contributed by atoms with Crippen molar-refractivity contribution in [2.75, 3.05) is 37.7 Å². The van der Waals surface area contributed by atoms with Crippen molar-refractivity contribution in [3.63, 3.8) is 0 Å². The van der Waals surface area contributed by atoms with E-state index in [4.69, 9.17) is 9.57 Å². The number of hydroxylamine groups is 1. The molecule has 2 aromatic heterocycles. The van der Waals surface area contributed by atoms with Gasteiger partial charge < -0.3 is 19.9 Å². The molecule has 5 rings (SSSR count). The molecule has 2 saturated heterocycles. The number of anilines is 1. The van der Waals surface area contributed by atoms with Crippen LogP contribution in [0.15, 0.2) is 36.7 Å². The second-order valence-corrected chi connectivity index (χ2v) is 9.78. The summed E-state index contributed by atoms with van der Waals surface area (Å²) in [6.07, 6.45) is 8.81. The molecule has 9 nitrogen and oxygen atoms in total. The summed E-state index contributed by atoms with van der Waals surface area (Å²) >= 11 is 0. The Kier molecular flexibility index (Phi) is 8.10. The Hall–Kier alpha value is -3.01. The Morgan fingerprint density at radius 2 is 1.97 bits per heavy atom. The van der Waals surface area contributed by atoms with E-state index in [0.29, 0.717) is 24.0 Å². The van der Waals surface area contributed by atoms with Gasteiger partial charge in [-0.1, -0.05) is 18.2 Å². The number of amides is 1. The number of carbonyl (C=O) groups excluding carboxylic acids is 1. The number of piperidine rings is 1. The van der Waals surface area contributed by atoms with Crippen LogP contribution in [-0.2, 0) is 16.0 Å². The standard InChI is InChI=1S/C27H36N6O3/c1-19-22(23-6-2-3-7-24(23)31-19)9-12-28-16-20-10-13-33(14-11-20)27-29-17-21(18-30-27)26(34)32-36-25-8-4-5-15-35-25/h2-3,6-7,17-18,20,25,28,31H,4-5,8-16H2,1H3,(H,32,34). The lowest BCUT2D eigenvalue weighted by Crippen LogP contribution is -2.38. The third-order valence-corrected chi connectivity index (χ3v) is 7.23. The molecule has 2 fully saturated rings. The molecule has 1 aromatic carbocycles. The molecule has 3 aromatic rings. The van der Waals surface area contributed by atoms with Crippen molar-refractivity contribution in [3.8, 4) is 0 Å². The Morgan fingerprint density at radius 3 is 2.75 bits per heavy atom. The largest absolute Gasteiger partial charge is 0.358 e. The highest BCUT2D eigenvalue weighted by Crippen LogP contribution is 2.23. The zero-order chi connectivity index (χ0) is 24.7. The third-order valence-electron chi connectivity index (χ3n) is 7.23. The van der Waals surface area contributed by atoms with Gasteiger partial charge in [-0.15, -0.1) is 0 Å². The van der Waals surface area contributed by atoms with Gasteiger partial charge in [0.2, 0.25) is 5.95 Å². The van der Waals surface area contributed by atoms with Gasteiger partial charge in [0.05, 0.1) is 5.56 Å². The highest BCUT2D eigenvalue weighted by atomic mass is 16.8. The molecule has 2 aliphatic heterocycles. The molecule has 36 heavy (non-hydrogen) atoms. The van der Waals surface area contributed by atoms with Crippen molar-refractivity contribution in [2.24, 2.45) is 5.92 Å². The van der Waals surface area contributed by atoms with Gasteiger partial charge in [-0.3, -0.25) is 4.79 Å². The van der Waals surface area contributed by atoms with E-state index in [1.54, 1.807) is 12.4 Å². The number of nitrogens with zero attached hydrogens (tertiary/aromatic N) is 3. The fourth-order valence-corrected chi connectivity index (χ4v) is 5.10. The minimum absolute atomic E-state index is 0.358. The molecule has 0 saturated carbocycles. The van der Waals surface area contributed by atoms with Crippen LogP contribution >= 0.6 is 0 Å². The van der Waals surface area contributed by atoms with Crippen molar-refractivity contribution in [1.29, 1.82) is 0 Å². The Morgan fingerprint density at radius 1 is 1.17 bits per heavy atom. The predicted octanol–water partition coefficient (Wildman–Crippen LogP) is 3.50. The van der Waals surface area contributed by atoms with E-state index in [9.17, 15) is 4.79 Å². The van der Waals surface area contributed by atoms with E-state index >= 15 is 0 Å². The lowest BCUT2D eigenvalue weighted by atomic mass is 9.97. The number of aromatic nitrogens is 3. The number of benzene rings is 1. The first-order valence-electron chi connectivity index (χ1n) is 13.1. The lowest BCUT2D eigenvalue weighted by molar-refractivity contribution is -0.186. The molecule has 9 heteroatoms. The number of hydrogen-bond donors (Lipinski definition) is 3. The highest BCUT2D eigenvalue weighted by Gasteiger charge is 2.22. The summed E-state index contributed by atoms with van der Waals surface area (Å²) in [5, 5.41) is 5.00. The summed E-state index contributed by atoms with van der Waals surface area (Å²) in [7, 11) is 0. The van der Waals surface area contributed by atoms with Crippen molar-refractivity contribution >= 4 is 22.8 Å². The molecule has 4 heterocycles. The molecule has 0 bridgehead atoms. The Balaban J connectivity index is 1.02. The van der Waals surface area contributed by atoms with E-state index in [0.717, 1.165) is 64.7 Å². The van der Waals surface area contributed by atoms with Crippen molar-refractivity contribution in [3.05, 3.63) is 53.5 Å². The molecular formula is C27H36N6O3. The molecule has 0 radical (unpaired) electrons. The summed E-state index contributed by atoms with van der Waals surface area (Å²) in [4.78, 5) is 32.2. The first-order chi connectivity index (χ1) is 17.7. The van der Waals surface area contributed by atoms with Gasteiger partial charge in [-0.2, -0.15) is 0 Å². The maximum absolute atomic E-state index is 12.3. The molecule has 0 spiro atoms. The number of hydrogen-bond acceptors (Lipinski definition) is 7. The van der Waals surface area contributed by atoms with Crippen LogP contribution in [-0.4, -0.2) is 59.9 Å². The van der Waals surface area contributed by atoms with Crippen molar-refractivity contribution < 1.29 is 14.4 Å². The topological polar surface area (TPSA) is 104 Å². The minimum Gasteiger partial charge on any atom is -0.358 e. The number of H-pyrrole nitrogens is 1. The van der Waals surface area contributed by atoms with Gasteiger partial charge in [-0.25, -0.2) is 20.3 Å². The molecule has 1 unspecified atom stereocenters. The van der Waals surface area contributed by atoms with Crippen molar-refractivity contribution in [2.45, 2.75) is 51.7 Å². The first kappa shape index (κ1) is 24.7. The van der Waals surface area contributed by atoms with E-state index < -0.39 is 0 Å². The van der Waals surface area contributed by atoms with E-state index in [2.05, 4.69) is 61.8 Å². The summed E-state index contributed by atoms with van der Waals surface area (Å²) in [5.41, 5.74) is 6.72. The van der Waals surface area contributed by atoms with Crippen LogP contribution in [0.5, 0.6) is 0 Å². The van der Waals surface area contributed by atoms with E-state index in [1.807, 2.05) is 0 Å². The maximum atomic E-state index is 12.3. The van der Waals surface area contributed by atoms with Crippen LogP contribution in [0.2, 0.25) is 0 Å². The SMILES string of the molecule is Cc1[nH]c2ccccc2c1CCNCC1CCN(c2ncc(C(=O)NOC3CCCCO3)cn2)CC1.